The van der Waals surface area contributed by atoms with Crippen molar-refractivity contribution in [1.29, 1.82) is 0 Å². The van der Waals surface area contributed by atoms with Crippen molar-refractivity contribution in [3.8, 4) is 0 Å². The summed E-state index contributed by atoms with van der Waals surface area (Å²) in [4.78, 5) is 12.3. The summed E-state index contributed by atoms with van der Waals surface area (Å²) < 4.78 is 7.57. The van der Waals surface area contributed by atoms with Gasteiger partial charge in [-0.15, -0.1) is 10.2 Å². The number of rotatable bonds is 3. The molecule has 1 fully saturated rings. The van der Waals surface area contributed by atoms with Crippen LogP contribution in [0.15, 0.2) is 54.7 Å². The van der Waals surface area contributed by atoms with Gasteiger partial charge in [0.15, 0.2) is 5.65 Å². The highest BCUT2D eigenvalue weighted by molar-refractivity contribution is 5.88. The molecule has 4 rings (SSSR count). The standard InChI is InChI=1S/C18H19N5O2/c24-18(20-17-22-21-16-8-4-5-10-23(16)17)19-14-9-11-25-15(12-14)13-6-2-1-3-7-13/h1-8,10,14-15H,9,11-12H2,(H2,19,20,22,24)/t14-,15+/m0/s1. The molecule has 0 unspecified atom stereocenters. The van der Waals surface area contributed by atoms with Crippen molar-refractivity contribution in [3.63, 3.8) is 0 Å². The Morgan fingerprint density at radius 3 is 2.84 bits per heavy atom. The van der Waals surface area contributed by atoms with Crippen LogP contribution in [0.4, 0.5) is 10.7 Å². The SMILES string of the molecule is O=C(Nc1nnc2ccccn12)N[C@H]1CCO[C@@H](c2ccccc2)C1. The van der Waals surface area contributed by atoms with E-state index in [9.17, 15) is 4.79 Å². The average Bonchev–Trinajstić information content (AvgIpc) is 3.06. The van der Waals surface area contributed by atoms with Crippen LogP contribution >= 0.6 is 0 Å². The van der Waals surface area contributed by atoms with Crippen molar-refractivity contribution in [2.45, 2.75) is 25.0 Å². The lowest BCUT2D eigenvalue weighted by Gasteiger charge is -2.30. The van der Waals surface area contributed by atoms with Crippen molar-refractivity contribution in [2.75, 3.05) is 11.9 Å². The molecule has 3 heterocycles. The molecule has 3 aromatic rings. The number of amides is 2. The molecule has 2 N–H and O–H groups in total. The summed E-state index contributed by atoms with van der Waals surface area (Å²) in [5.74, 6) is 0.403. The monoisotopic (exact) mass is 337 g/mol. The predicted molar refractivity (Wildman–Crippen MR) is 93.3 cm³/mol. The number of nitrogens with one attached hydrogen (secondary N) is 2. The Bertz CT molecular complexity index is 864. The molecule has 128 valence electrons. The van der Waals surface area contributed by atoms with Gasteiger partial charge in [0.25, 0.3) is 0 Å². The maximum absolute atomic E-state index is 12.3. The first kappa shape index (κ1) is 15.6. The maximum Gasteiger partial charge on any atom is 0.321 e. The lowest BCUT2D eigenvalue weighted by atomic mass is 9.97. The Hall–Kier alpha value is -2.93. The van der Waals surface area contributed by atoms with Gasteiger partial charge in [-0.3, -0.25) is 9.72 Å². The second-order valence-corrected chi connectivity index (χ2v) is 6.04. The Labute approximate surface area is 145 Å². The van der Waals surface area contributed by atoms with Gasteiger partial charge in [-0.1, -0.05) is 36.4 Å². The number of hydrogen-bond acceptors (Lipinski definition) is 4. The number of carbonyl (C=O) groups is 1. The van der Waals surface area contributed by atoms with E-state index in [0.717, 1.165) is 18.4 Å². The zero-order valence-electron chi connectivity index (χ0n) is 13.6. The lowest BCUT2D eigenvalue weighted by Crippen LogP contribution is -2.42. The van der Waals surface area contributed by atoms with Crippen LogP contribution in [-0.4, -0.2) is 33.3 Å². The number of pyridine rings is 1. The first-order chi connectivity index (χ1) is 12.3. The van der Waals surface area contributed by atoms with E-state index in [1.165, 1.54) is 0 Å². The van der Waals surface area contributed by atoms with Crippen molar-refractivity contribution in [1.82, 2.24) is 19.9 Å². The number of ether oxygens (including phenoxy) is 1. The highest BCUT2D eigenvalue weighted by Gasteiger charge is 2.25. The van der Waals surface area contributed by atoms with Crippen molar-refractivity contribution >= 4 is 17.6 Å². The smallest absolute Gasteiger partial charge is 0.321 e. The van der Waals surface area contributed by atoms with Gasteiger partial charge in [-0.2, -0.15) is 0 Å². The fourth-order valence-corrected chi connectivity index (χ4v) is 3.08. The van der Waals surface area contributed by atoms with E-state index in [0.29, 0.717) is 18.2 Å². The predicted octanol–water partition coefficient (Wildman–Crippen LogP) is 2.77. The first-order valence-corrected chi connectivity index (χ1v) is 8.33. The molecule has 0 radical (unpaired) electrons. The molecule has 7 nitrogen and oxygen atoms in total. The molecule has 0 spiro atoms. The number of hydrogen-bond donors (Lipinski definition) is 2. The van der Waals surface area contributed by atoms with Gasteiger partial charge in [-0.25, -0.2) is 4.79 Å². The molecule has 1 aliphatic heterocycles. The molecular weight excluding hydrogens is 318 g/mol. The van der Waals surface area contributed by atoms with Crippen LogP contribution in [0.3, 0.4) is 0 Å². The summed E-state index contributed by atoms with van der Waals surface area (Å²) in [6.45, 7) is 0.623. The van der Waals surface area contributed by atoms with Gasteiger partial charge in [0.1, 0.15) is 0 Å². The molecule has 2 aromatic heterocycles. The molecule has 2 atom stereocenters. The summed E-state index contributed by atoms with van der Waals surface area (Å²) >= 11 is 0. The van der Waals surface area contributed by atoms with Crippen LogP contribution in [0.1, 0.15) is 24.5 Å². The maximum atomic E-state index is 12.3. The second-order valence-electron chi connectivity index (χ2n) is 6.04. The third kappa shape index (κ3) is 3.46. The van der Waals surface area contributed by atoms with E-state index in [4.69, 9.17) is 4.74 Å². The molecular formula is C18H19N5O2. The molecule has 1 aromatic carbocycles. The average molecular weight is 337 g/mol. The Morgan fingerprint density at radius 1 is 1.12 bits per heavy atom. The zero-order valence-corrected chi connectivity index (χ0v) is 13.6. The molecule has 0 bridgehead atoms. The minimum Gasteiger partial charge on any atom is -0.373 e. The summed E-state index contributed by atoms with van der Waals surface area (Å²) in [5.41, 5.74) is 1.82. The number of fused-ring (bicyclic) bond motifs is 1. The second kappa shape index (κ2) is 6.90. The van der Waals surface area contributed by atoms with E-state index in [1.54, 1.807) is 4.40 Å². The van der Waals surface area contributed by atoms with E-state index in [-0.39, 0.29) is 18.2 Å². The number of benzene rings is 1. The first-order valence-electron chi connectivity index (χ1n) is 8.33. The molecule has 25 heavy (non-hydrogen) atoms. The Balaban J connectivity index is 1.39. The lowest BCUT2D eigenvalue weighted by molar-refractivity contribution is 0.00253. The van der Waals surface area contributed by atoms with E-state index in [1.807, 2.05) is 42.6 Å². The highest BCUT2D eigenvalue weighted by atomic mass is 16.5. The number of aromatic nitrogens is 3. The van der Waals surface area contributed by atoms with Crippen molar-refractivity contribution in [2.24, 2.45) is 0 Å². The molecule has 2 amide bonds. The van der Waals surface area contributed by atoms with Crippen LogP contribution in [-0.2, 0) is 4.74 Å². The zero-order chi connectivity index (χ0) is 17.1. The highest BCUT2D eigenvalue weighted by Crippen LogP contribution is 2.27. The van der Waals surface area contributed by atoms with Gasteiger partial charge in [0.2, 0.25) is 5.95 Å². The van der Waals surface area contributed by atoms with Gasteiger partial charge >= 0.3 is 6.03 Å². The molecule has 1 saturated heterocycles. The normalized spacial score (nSPS) is 20.3. The van der Waals surface area contributed by atoms with Crippen LogP contribution in [0.2, 0.25) is 0 Å². The third-order valence-electron chi connectivity index (χ3n) is 4.33. The van der Waals surface area contributed by atoms with Crippen LogP contribution in [0, 0.1) is 0 Å². The third-order valence-corrected chi connectivity index (χ3v) is 4.33. The minimum atomic E-state index is -0.281. The molecule has 7 heteroatoms. The summed E-state index contributed by atoms with van der Waals surface area (Å²) in [6, 6.07) is 15.4. The fourth-order valence-electron chi connectivity index (χ4n) is 3.08. The van der Waals surface area contributed by atoms with E-state index < -0.39 is 0 Å². The minimum absolute atomic E-state index is 0.00849. The van der Waals surface area contributed by atoms with Gasteiger partial charge in [0.05, 0.1) is 6.10 Å². The molecule has 0 aliphatic carbocycles. The quantitative estimate of drug-likeness (QED) is 0.770. The molecule has 1 aliphatic rings. The van der Waals surface area contributed by atoms with Crippen LogP contribution in [0.25, 0.3) is 5.65 Å². The summed E-state index contributed by atoms with van der Waals surface area (Å²) in [6.07, 6.45) is 3.36. The van der Waals surface area contributed by atoms with E-state index in [2.05, 4.69) is 33.0 Å². The van der Waals surface area contributed by atoms with Crippen LogP contribution in [0.5, 0.6) is 0 Å². The van der Waals surface area contributed by atoms with Gasteiger partial charge in [-0.05, 0) is 30.5 Å². The largest absolute Gasteiger partial charge is 0.373 e. The number of anilines is 1. The van der Waals surface area contributed by atoms with E-state index >= 15 is 0 Å². The molecule has 0 saturated carbocycles. The van der Waals surface area contributed by atoms with Crippen LogP contribution < -0.4 is 10.6 Å². The topological polar surface area (TPSA) is 80.6 Å². The number of nitrogens with zero attached hydrogens (tertiary/aromatic N) is 3. The van der Waals surface area contributed by atoms with Gasteiger partial charge < -0.3 is 10.1 Å². The summed E-state index contributed by atoms with van der Waals surface area (Å²) in [7, 11) is 0. The van der Waals surface area contributed by atoms with Crippen molar-refractivity contribution in [3.05, 3.63) is 60.3 Å². The summed E-state index contributed by atoms with van der Waals surface area (Å²) in [5, 5.41) is 13.8. The fraction of sp³-hybridized carbons (Fsp3) is 0.278. The Morgan fingerprint density at radius 2 is 1.96 bits per heavy atom. The van der Waals surface area contributed by atoms with Crippen molar-refractivity contribution < 1.29 is 9.53 Å². The van der Waals surface area contributed by atoms with Gasteiger partial charge in [0, 0.05) is 18.8 Å². The Kier molecular flexibility index (Phi) is 4.30. The number of urea groups is 1. The number of carbonyl (C=O) groups excluding carboxylic acids is 1.